The van der Waals surface area contributed by atoms with Crippen molar-refractivity contribution < 1.29 is 9.66 Å². The minimum atomic E-state index is -0.372. The Kier molecular flexibility index (Phi) is 6.25. The molecule has 0 fully saturated rings. The summed E-state index contributed by atoms with van der Waals surface area (Å²) in [6.45, 7) is 4.45. The third-order valence-corrected chi connectivity index (χ3v) is 4.40. The molecule has 0 amide bonds. The Hall–Kier alpha value is -3.09. The van der Waals surface area contributed by atoms with Gasteiger partial charge in [0.15, 0.2) is 5.96 Å². The minimum absolute atomic E-state index is 0.0949. The Bertz CT molecular complexity index is 836. The largest absolute Gasteiger partial charge is 0.493 e. The molecule has 7 heteroatoms. The number of guanidine groups is 1. The number of para-hydroxylation sites is 1. The molecule has 7 nitrogen and oxygen atoms in total. The summed E-state index contributed by atoms with van der Waals surface area (Å²) in [7, 11) is 0. The third-order valence-electron chi connectivity index (χ3n) is 4.40. The summed E-state index contributed by atoms with van der Waals surface area (Å²) in [4.78, 5) is 15.2. The summed E-state index contributed by atoms with van der Waals surface area (Å²) < 4.78 is 5.54. The highest BCUT2D eigenvalue weighted by Crippen LogP contribution is 2.25. The van der Waals surface area contributed by atoms with Crippen LogP contribution in [-0.2, 0) is 19.4 Å². The van der Waals surface area contributed by atoms with E-state index in [0.29, 0.717) is 11.5 Å². The molecule has 2 aromatic rings. The molecule has 0 aromatic heterocycles. The van der Waals surface area contributed by atoms with Crippen LogP contribution in [0.3, 0.4) is 0 Å². The third kappa shape index (κ3) is 4.97. The maximum absolute atomic E-state index is 11.1. The van der Waals surface area contributed by atoms with E-state index in [1.807, 2.05) is 13.0 Å². The number of rotatable bonds is 7. The van der Waals surface area contributed by atoms with Crippen LogP contribution in [0.4, 0.5) is 5.69 Å². The van der Waals surface area contributed by atoms with E-state index in [-0.39, 0.29) is 17.2 Å². The lowest BCUT2D eigenvalue weighted by molar-refractivity contribution is -0.385. The number of nitrogens with one attached hydrogen (secondary N) is 2. The van der Waals surface area contributed by atoms with Crippen LogP contribution in [0.15, 0.2) is 47.5 Å². The van der Waals surface area contributed by atoms with Crippen LogP contribution in [0, 0.1) is 10.1 Å². The molecule has 1 aliphatic heterocycles. The van der Waals surface area contributed by atoms with Gasteiger partial charge >= 0.3 is 0 Å². The van der Waals surface area contributed by atoms with E-state index in [2.05, 4.69) is 27.8 Å². The van der Waals surface area contributed by atoms with Crippen molar-refractivity contribution in [2.24, 2.45) is 4.99 Å². The van der Waals surface area contributed by atoms with E-state index in [0.717, 1.165) is 38.3 Å². The minimum Gasteiger partial charge on any atom is -0.493 e. The summed E-state index contributed by atoms with van der Waals surface area (Å²) in [5.74, 6) is 1.64. The summed E-state index contributed by atoms with van der Waals surface area (Å²) in [5.41, 5.74) is 3.21. The summed E-state index contributed by atoms with van der Waals surface area (Å²) in [6.07, 6.45) is 1.83. The number of nitrogens with zero attached hydrogens (tertiary/aromatic N) is 2. The molecule has 2 aromatic carbocycles. The number of aliphatic imine (C=N–C) groups is 1. The van der Waals surface area contributed by atoms with Crippen molar-refractivity contribution in [1.29, 1.82) is 0 Å². The molecule has 27 heavy (non-hydrogen) atoms. The molecular weight excluding hydrogens is 344 g/mol. The van der Waals surface area contributed by atoms with Gasteiger partial charge in [-0.2, -0.15) is 0 Å². The molecule has 2 N–H and O–H groups in total. The molecule has 0 saturated carbocycles. The number of nitro benzene ring substituents is 1. The Morgan fingerprint density at radius 1 is 1.26 bits per heavy atom. The number of nitro groups is 1. The number of benzene rings is 2. The van der Waals surface area contributed by atoms with Crippen molar-refractivity contribution in [3.63, 3.8) is 0 Å². The number of ether oxygens (including phenoxy) is 1. The molecule has 1 aliphatic rings. The number of hydrogen-bond acceptors (Lipinski definition) is 4. The zero-order chi connectivity index (χ0) is 19.1. The van der Waals surface area contributed by atoms with Gasteiger partial charge in [-0.1, -0.05) is 30.3 Å². The van der Waals surface area contributed by atoms with Crippen molar-refractivity contribution in [3.05, 3.63) is 69.3 Å². The molecule has 0 bridgehead atoms. The standard InChI is InChI=1S/C20H24N4O3/c1-2-21-20(23-14-17-5-3-4-6-18(17)24(25)26)22-11-9-15-7-8-19-16(13-15)10-12-27-19/h3-8,13H,2,9-12,14H2,1H3,(H2,21,22,23). The maximum Gasteiger partial charge on any atom is 0.274 e. The Balaban J connectivity index is 1.59. The first-order valence-corrected chi connectivity index (χ1v) is 9.16. The van der Waals surface area contributed by atoms with Crippen LogP contribution in [0.5, 0.6) is 5.75 Å². The molecule has 142 valence electrons. The van der Waals surface area contributed by atoms with Crippen molar-refractivity contribution in [1.82, 2.24) is 10.6 Å². The molecular formula is C20H24N4O3. The topological polar surface area (TPSA) is 88.8 Å². The SMILES string of the molecule is CCNC(=NCc1ccccc1[N+](=O)[O-])NCCc1ccc2c(c1)CCO2. The van der Waals surface area contributed by atoms with Gasteiger partial charge < -0.3 is 15.4 Å². The molecule has 0 spiro atoms. The van der Waals surface area contributed by atoms with Gasteiger partial charge in [0.1, 0.15) is 5.75 Å². The summed E-state index contributed by atoms with van der Waals surface area (Å²) >= 11 is 0. The van der Waals surface area contributed by atoms with Crippen LogP contribution in [0.25, 0.3) is 0 Å². The molecule has 0 unspecified atom stereocenters. The van der Waals surface area contributed by atoms with Crippen LogP contribution in [0.1, 0.15) is 23.6 Å². The van der Waals surface area contributed by atoms with Crippen LogP contribution in [-0.4, -0.2) is 30.6 Å². The second kappa shape index (κ2) is 9.02. The van der Waals surface area contributed by atoms with Crippen molar-refractivity contribution in [2.45, 2.75) is 26.3 Å². The quantitative estimate of drug-likeness (QED) is 0.340. The van der Waals surface area contributed by atoms with E-state index >= 15 is 0 Å². The molecule has 1 heterocycles. The Labute approximate surface area is 158 Å². The predicted octanol–water partition coefficient (Wildman–Crippen LogP) is 2.83. The highest BCUT2D eigenvalue weighted by Gasteiger charge is 2.13. The second-order valence-electron chi connectivity index (χ2n) is 6.30. The fourth-order valence-corrected chi connectivity index (χ4v) is 3.05. The lowest BCUT2D eigenvalue weighted by Gasteiger charge is -2.12. The monoisotopic (exact) mass is 368 g/mol. The van der Waals surface area contributed by atoms with Crippen LogP contribution in [0.2, 0.25) is 0 Å². The molecule has 0 saturated heterocycles. The average Bonchev–Trinajstić information content (AvgIpc) is 3.14. The van der Waals surface area contributed by atoms with Gasteiger partial charge in [0, 0.05) is 25.6 Å². The van der Waals surface area contributed by atoms with Crippen molar-refractivity contribution in [2.75, 3.05) is 19.7 Å². The van der Waals surface area contributed by atoms with Gasteiger partial charge in [-0.25, -0.2) is 4.99 Å². The smallest absolute Gasteiger partial charge is 0.274 e. The first kappa shape index (κ1) is 18.7. The van der Waals surface area contributed by atoms with Gasteiger partial charge in [-0.05, 0) is 30.5 Å². The summed E-state index contributed by atoms with van der Waals surface area (Å²) in [6, 6.07) is 13.0. The number of fused-ring (bicyclic) bond motifs is 1. The Morgan fingerprint density at radius 3 is 2.93 bits per heavy atom. The van der Waals surface area contributed by atoms with Crippen molar-refractivity contribution >= 4 is 11.6 Å². The zero-order valence-corrected chi connectivity index (χ0v) is 15.4. The molecule has 0 aliphatic carbocycles. The van der Waals surface area contributed by atoms with Crippen LogP contribution >= 0.6 is 0 Å². The van der Waals surface area contributed by atoms with E-state index in [1.165, 1.54) is 17.2 Å². The lowest BCUT2D eigenvalue weighted by Crippen LogP contribution is -2.38. The molecule has 0 atom stereocenters. The highest BCUT2D eigenvalue weighted by atomic mass is 16.6. The maximum atomic E-state index is 11.1. The van der Waals surface area contributed by atoms with E-state index in [4.69, 9.17) is 4.74 Å². The fraction of sp³-hybridized carbons (Fsp3) is 0.350. The lowest BCUT2D eigenvalue weighted by atomic mass is 10.1. The number of hydrogen-bond donors (Lipinski definition) is 2. The van der Waals surface area contributed by atoms with Gasteiger partial charge in [0.05, 0.1) is 23.6 Å². The molecule has 0 radical (unpaired) electrons. The zero-order valence-electron chi connectivity index (χ0n) is 15.4. The molecule has 3 rings (SSSR count). The second-order valence-corrected chi connectivity index (χ2v) is 6.30. The normalized spacial score (nSPS) is 13.0. The van der Waals surface area contributed by atoms with Gasteiger partial charge in [-0.3, -0.25) is 10.1 Å². The first-order valence-electron chi connectivity index (χ1n) is 9.16. The van der Waals surface area contributed by atoms with Gasteiger partial charge in [0.2, 0.25) is 0 Å². The first-order chi connectivity index (χ1) is 13.2. The van der Waals surface area contributed by atoms with Crippen molar-refractivity contribution in [3.8, 4) is 5.75 Å². The van der Waals surface area contributed by atoms with Gasteiger partial charge in [-0.15, -0.1) is 0 Å². The average molecular weight is 368 g/mol. The Morgan fingerprint density at radius 2 is 2.11 bits per heavy atom. The van der Waals surface area contributed by atoms with Crippen LogP contribution < -0.4 is 15.4 Å². The van der Waals surface area contributed by atoms with Gasteiger partial charge in [0.25, 0.3) is 5.69 Å². The van der Waals surface area contributed by atoms with E-state index in [1.54, 1.807) is 18.2 Å². The highest BCUT2D eigenvalue weighted by molar-refractivity contribution is 5.79. The summed E-state index contributed by atoms with van der Waals surface area (Å²) in [5, 5.41) is 17.6. The fourth-order valence-electron chi connectivity index (χ4n) is 3.05. The predicted molar refractivity (Wildman–Crippen MR) is 105 cm³/mol. The van der Waals surface area contributed by atoms with E-state index < -0.39 is 0 Å². The van der Waals surface area contributed by atoms with E-state index in [9.17, 15) is 10.1 Å².